The minimum absolute atomic E-state index is 0.0700. The molecule has 7 heteroatoms. The Kier molecular flexibility index (Phi) is 6.52. The normalized spacial score (nSPS) is 13.4. The summed E-state index contributed by atoms with van der Waals surface area (Å²) in [7, 11) is 0. The highest BCUT2D eigenvalue weighted by atomic mass is 127. The van der Waals surface area contributed by atoms with Gasteiger partial charge in [-0.1, -0.05) is 47.5 Å². The SMILES string of the molecule is NC(=O)OCC(c1ccc(Cl)c(Cl)c1)C(O)c1ccccc1I. The summed E-state index contributed by atoms with van der Waals surface area (Å²) >= 11 is 14.1. The lowest BCUT2D eigenvalue weighted by molar-refractivity contribution is 0.0889. The van der Waals surface area contributed by atoms with E-state index in [0.717, 1.165) is 9.13 Å². The van der Waals surface area contributed by atoms with Crippen molar-refractivity contribution in [3.05, 3.63) is 67.2 Å². The van der Waals surface area contributed by atoms with Crippen molar-refractivity contribution in [3.8, 4) is 0 Å². The molecule has 2 rings (SSSR count). The molecule has 0 radical (unpaired) electrons. The number of amides is 1. The zero-order chi connectivity index (χ0) is 17.0. The molecule has 0 aliphatic rings. The van der Waals surface area contributed by atoms with Gasteiger partial charge in [-0.2, -0.15) is 0 Å². The van der Waals surface area contributed by atoms with Crippen LogP contribution < -0.4 is 5.73 Å². The predicted octanol–water partition coefficient (Wildman–Crippen LogP) is 4.51. The molecule has 0 saturated carbocycles. The highest BCUT2D eigenvalue weighted by Gasteiger charge is 2.26. The van der Waals surface area contributed by atoms with E-state index in [1.807, 2.05) is 24.3 Å². The molecule has 1 amide bonds. The lowest BCUT2D eigenvalue weighted by Crippen LogP contribution is -2.22. The van der Waals surface area contributed by atoms with Gasteiger partial charge in [-0.25, -0.2) is 4.79 Å². The van der Waals surface area contributed by atoms with Crippen LogP contribution in [0.1, 0.15) is 23.1 Å². The first-order valence-corrected chi connectivity index (χ1v) is 8.53. The molecule has 2 atom stereocenters. The Morgan fingerprint density at radius 1 is 1.22 bits per heavy atom. The minimum atomic E-state index is -0.898. The molecule has 0 saturated heterocycles. The largest absolute Gasteiger partial charge is 0.449 e. The molecule has 2 aromatic rings. The van der Waals surface area contributed by atoms with Gasteiger partial charge in [-0.3, -0.25) is 0 Å². The minimum Gasteiger partial charge on any atom is -0.449 e. The third-order valence-corrected chi connectivity index (χ3v) is 5.10. The Balaban J connectivity index is 2.38. The number of halogens is 3. The van der Waals surface area contributed by atoms with Crippen LogP contribution in [0.3, 0.4) is 0 Å². The lowest BCUT2D eigenvalue weighted by Gasteiger charge is -2.24. The molecule has 0 spiro atoms. The molecular weight excluding hydrogens is 452 g/mol. The second-order valence-electron chi connectivity index (χ2n) is 4.88. The molecule has 0 heterocycles. The molecule has 2 unspecified atom stereocenters. The Labute approximate surface area is 157 Å². The lowest BCUT2D eigenvalue weighted by atomic mass is 9.90. The second-order valence-corrected chi connectivity index (χ2v) is 6.85. The van der Waals surface area contributed by atoms with E-state index in [4.69, 9.17) is 33.7 Å². The van der Waals surface area contributed by atoms with Crippen molar-refractivity contribution in [1.82, 2.24) is 0 Å². The molecule has 0 aromatic heterocycles. The van der Waals surface area contributed by atoms with Crippen molar-refractivity contribution >= 4 is 51.9 Å². The van der Waals surface area contributed by atoms with E-state index in [0.29, 0.717) is 15.6 Å². The van der Waals surface area contributed by atoms with Gasteiger partial charge < -0.3 is 15.6 Å². The first-order chi connectivity index (χ1) is 10.9. The van der Waals surface area contributed by atoms with Gasteiger partial charge in [-0.15, -0.1) is 0 Å². The van der Waals surface area contributed by atoms with Crippen molar-refractivity contribution in [2.24, 2.45) is 5.73 Å². The number of hydrogen-bond donors (Lipinski definition) is 2. The molecule has 122 valence electrons. The third-order valence-electron chi connectivity index (χ3n) is 3.38. The zero-order valence-corrected chi connectivity index (χ0v) is 15.5. The van der Waals surface area contributed by atoms with E-state index in [2.05, 4.69) is 22.6 Å². The van der Waals surface area contributed by atoms with E-state index < -0.39 is 18.1 Å². The maximum Gasteiger partial charge on any atom is 0.404 e. The van der Waals surface area contributed by atoms with Crippen molar-refractivity contribution in [2.75, 3.05) is 6.61 Å². The summed E-state index contributed by atoms with van der Waals surface area (Å²) in [5.41, 5.74) is 6.49. The monoisotopic (exact) mass is 465 g/mol. The number of benzene rings is 2. The molecule has 0 aliphatic heterocycles. The maximum absolute atomic E-state index is 11.0. The summed E-state index contributed by atoms with van der Waals surface area (Å²) in [5.74, 6) is -0.520. The van der Waals surface area contributed by atoms with Crippen LogP contribution in [0.2, 0.25) is 10.0 Å². The van der Waals surface area contributed by atoms with E-state index in [9.17, 15) is 9.90 Å². The van der Waals surface area contributed by atoms with Gasteiger partial charge in [0.25, 0.3) is 0 Å². The fraction of sp³-hybridized carbons (Fsp3) is 0.188. The number of hydrogen-bond acceptors (Lipinski definition) is 3. The topological polar surface area (TPSA) is 72.6 Å². The number of ether oxygens (including phenoxy) is 1. The average Bonchev–Trinajstić information content (AvgIpc) is 2.51. The van der Waals surface area contributed by atoms with Gasteiger partial charge in [0.05, 0.1) is 16.1 Å². The zero-order valence-electron chi connectivity index (χ0n) is 11.9. The summed E-state index contributed by atoms with van der Waals surface area (Å²) in [4.78, 5) is 11.0. The van der Waals surface area contributed by atoms with Crippen molar-refractivity contribution in [1.29, 1.82) is 0 Å². The van der Waals surface area contributed by atoms with Crippen LogP contribution in [0.5, 0.6) is 0 Å². The number of carbonyl (C=O) groups is 1. The standard InChI is InChI=1S/C16H14Cl2INO3/c17-12-6-5-9(7-13(12)18)11(8-23-16(20)22)15(21)10-3-1-2-4-14(10)19/h1-7,11,15,21H,8H2,(H2,20,22). The Morgan fingerprint density at radius 2 is 1.91 bits per heavy atom. The Bertz CT molecular complexity index is 711. The van der Waals surface area contributed by atoms with Gasteiger partial charge in [0.2, 0.25) is 0 Å². The van der Waals surface area contributed by atoms with E-state index >= 15 is 0 Å². The quantitative estimate of drug-likeness (QED) is 0.638. The van der Waals surface area contributed by atoms with E-state index in [-0.39, 0.29) is 6.61 Å². The van der Waals surface area contributed by atoms with Crippen LogP contribution in [0, 0.1) is 3.57 Å². The van der Waals surface area contributed by atoms with Gasteiger partial charge in [0, 0.05) is 9.49 Å². The average molecular weight is 466 g/mol. The van der Waals surface area contributed by atoms with Crippen molar-refractivity contribution in [2.45, 2.75) is 12.0 Å². The Morgan fingerprint density at radius 3 is 2.52 bits per heavy atom. The smallest absolute Gasteiger partial charge is 0.404 e. The van der Waals surface area contributed by atoms with Crippen LogP contribution in [0.25, 0.3) is 0 Å². The van der Waals surface area contributed by atoms with Crippen molar-refractivity contribution < 1.29 is 14.6 Å². The maximum atomic E-state index is 11.0. The molecule has 3 N–H and O–H groups in total. The van der Waals surface area contributed by atoms with E-state index in [1.165, 1.54) is 0 Å². The first kappa shape index (κ1) is 18.3. The Hall–Kier alpha value is -1.02. The number of aliphatic hydroxyl groups excluding tert-OH is 1. The molecule has 2 aromatic carbocycles. The number of aliphatic hydroxyl groups is 1. The molecule has 0 bridgehead atoms. The third kappa shape index (κ3) is 4.73. The van der Waals surface area contributed by atoms with Gasteiger partial charge in [0.1, 0.15) is 6.61 Å². The summed E-state index contributed by atoms with van der Waals surface area (Å²) < 4.78 is 5.82. The first-order valence-electron chi connectivity index (χ1n) is 6.70. The number of primary amides is 1. The fourth-order valence-electron chi connectivity index (χ4n) is 2.22. The number of carbonyl (C=O) groups excluding carboxylic acids is 1. The molecule has 0 fully saturated rings. The summed E-state index contributed by atoms with van der Waals surface area (Å²) in [6, 6.07) is 12.5. The molecule has 4 nitrogen and oxygen atoms in total. The van der Waals surface area contributed by atoms with Crippen molar-refractivity contribution in [3.63, 3.8) is 0 Å². The van der Waals surface area contributed by atoms with Crippen LogP contribution in [-0.2, 0) is 4.74 Å². The summed E-state index contributed by atoms with van der Waals surface area (Å²) in [6.07, 6.45) is -1.79. The highest BCUT2D eigenvalue weighted by Crippen LogP contribution is 2.36. The number of rotatable bonds is 5. The molecule has 23 heavy (non-hydrogen) atoms. The van der Waals surface area contributed by atoms with Gasteiger partial charge in [0.15, 0.2) is 0 Å². The van der Waals surface area contributed by atoms with Crippen LogP contribution in [0.15, 0.2) is 42.5 Å². The fourth-order valence-corrected chi connectivity index (χ4v) is 3.23. The van der Waals surface area contributed by atoms with Gasteiger partial charge in [-0.05, 0) is 51.9 Å². The van der Waals surface area contributed by atoms with Gasteiger partial charge >= 0.3 is 6.09 Å². The van der Waals surface area contributed by atoms with Crippen LogP contribution in [-0.4, -0.2) is 17.8 Å². The molecule has 0 aliphatic carbocycles. The summed E-state index contributed by atoms with van der Waals surface area (Å²) in [6.45, 7) is -0.0700. The summed E-state index contributed by atoms with van der Waals surface area (Å²) in [5, 5.41) is 11.5. The molecular formula is C16H14Cl2INO3. The van der Waals surface area contributed by atoms with Crippen LogP contribution >= 0.6 is 45.8 Å². The predicted molar refractivity (Wildman–Crippen MR) is 98.9 cm³/mol. The van der Waals surface area contributed by atoms with E-state index in [1.54, 1.807) is 18.2 Å². The number of nitrogens with two attached hydrogens (primary N) is 1. The highest BCUT2D eigenvalue weighted by molar-refractivity contribution is 14.1. The van der Waals surface area contributed by atoms with Crippen LogP contribution in [0.4, 0.5) is 4.79 Å². The second kappa shape index (κ2) is 8.19.